The molecular weight excluding hydrogens is 826 g/mol. The Morgan fingerprint density at radius 2 is 0.984 bits per heavy atom. The highest BCUT2D eigenvalue weighted by molar-refractivity contribution is 5.92. The van der Waals surface area contributed by atoms with Gasteiger partial charge in [-0.15, -0.1) is 12.4 Å². The highest BCUT2D eigenvalue weighted by Gasteiger charge is 2.31. The van der Waals surface area contributed by atoms with Crippen molar-refractivity contribution in [3.8, 4) is 0 Å². The maximum Gasteiger partial charge on any atom is 0.408 e. The molecule has 0 aliphatic heterocycles. The third-order valence-corrected chi connectivity index (χ3v) is 10.8. The molecule has 0 saturated heterocycles. The predicted molar refractivity (Wildman–Crippen MR) is 245 cm³/mol. The fourth-order valence-electron chi connectivity index (χ4n) is 7.97. The van der Waals surface area contributed by atoms with Crippen LogP contribution in [0.3, 0.4) is 0 Å². The Bertz CT molecular complexity index is 2200. The molecule has 0 heterocycles. The van der Waals surface area contributed by atoms with Gasteiger partial charge in [0.25, 0.3) is 0 Å². The van der Waals surface area contributed by atoms with E-state index in [9.17, 15) is 24.0 Å². The topological polar surface area (TPSA) is 193 Å². The average Bonchev–Trinajstić information content (AvgIpc) is 3.90. The molecule has 0 saturated carbocycles. The minimum atomic E-state index is -0.918. The van der Waals surface area contributed by atoms with Gasteiger partial charge in [-0.2, -0.15) is 0 Å². The summed E-state index contributed by atoms with van der Waals surface area (Å²) in [5.74, 6) is -1.55. The Labute approximate surface area is 377 Å². The summed E-state index contributed by atoms with van der Waals surface area (Å²) in [7, 11) is 0. The maximum absolute atomic E-state index is 12.1. The highest BCUT2D eigenvalue weighted by atomic mass is 35.5. The highest BCUT2D eigenvalue weighted by Crippen LogP contribution is 2.37. The molecule has 3 atom stereocenters. The van der Waals surface area contributed by atoms with Gasteiger partial charge in [-0.1, -0.05) is 43.5 Å². The van der Waals surface area contributed by atoms with Gasteiger partial charge in [-0.3, -0.25) is 0 Å². The van der Waals surface area contributed by atoms with E-state index < -0.39 is 29.4 Å². The Morgan fingerprint density at radius 3 is 1.37 bits per heavy atom. The molecule has 3 aromatic carbocycles. The lowest BCUT2D eigenvalue weighted by Gasteiger charge is -2.22. The summed E-state index contributed by atoms with van der Waals surface area (Å²) in [5.41, 5.74) is 15.7. The number of hydrogen-bond acceptors (Lipinski definition) is 10. The number of hydrogen-bond donors (Lipinski definition) is 4. The Hall–Kier alpha value is -5.66. The number of ether oxygens (including phenoxy) is 4. The molecule has 0 unspecified atom stereocenters. The van der Waals surface area contributed by atoms with Gasteiger partial charge in [-0.25, -0.2) is 24.0 Å². The number of alkyl carbamates (subject to hydrolysis) is 2. The van der Waals surface area contributed by atoms with Gasteiger partial charge in [0.1, 0.15) is 24.4 Å². The molecule has 3 aliphatic carbocycles. The molecule has 0 fully saturated rings. The summed E-state index contributed by atoms with van der Waals surface area (Å²) in [6.07, 6.45) is 7.28. The van der Waals surface area contributed by atoms with Crippen LogP contribution < -0.4 is 16.4 Å². The molecule has 342 valence electrons. The number of esters is 2. The van der Waals surface area contributed by atoms with Crippen LogP contribution in [0.15, 0.2) is 61.7 Å². The van der Waals surface area contributed by atoms with Gasteiger partial charge in [0, 0.05) is 6.04 Å². The van der Waals surface area contributed by atoms with Gasteiger partial charge in [0.05, 0.1) is 28.8 Å². The number of carboxylic acid groups (broad SMARTS) is 1. The van der Waals surface area contributed by atoms with E-state index in [0.29, 0.717) is 16.7 Å². The molecular formula is C49H64ClN3O10. The zero-order valence-electron chi connectivity index (χ0n) is 38.0. The van der Waals surface area contributed by atoms with Crippen molar-refractivity contribution in [2.24, 2.45) is 5.73 Å². The summed E-state index contributed by atoms with van der Waals surface area (Å²) in [5, 5.41) is 14.9. The van der Waals surface area contributed by atoms with Crippen molar-refractivity contribution in [2.45, 2.75) is 130 Å². The van der Waals surface area contributed by atoms with Crippen molar-refractivity contribution in [1.29, 1.82) is 0 Å². The number of fused-ring (bicyclic) bond motifs is 3. The SMILES string of the molecule is C=CCOC(=O)c1ccc2c(c1C)CC[C@@H]2N.C=CCOC(=O)c1ccc2c(c1C)CC[C@@H]2NC(=O)OC(C)(C)C.Cc1c(C(=O)O)ccc2c1CC[C@@H]2NC(=O)OC(C)(C)C.Cl. The van der Waals surface area contributed by atoms with E-state index in [2.05, 4.69) is 23.8 Å². The lowest BCUT2D eigenvalue weighted by atomic mass is 9.98. The van der Waals surface area contributed by atoms with E-state index in [1.807, 2.05) is 80.5 Å². The van der Waals surface area contributed by atoms with Gasteiger partial charge < -0.3 is 40.4 Å². The molecule has 0 aromatic heterocycles. The smallest absolute Gasteiger partial charge is 0.408 e. The van der Waals surface area contributed by atoms with Crippen LogP contribution in [0.2, 0.25) is 0 Å². The molecule has 14 heteroatoms. The number of carboxylic acids is 1. The number of nitrogens with one attached hydrogen (secondary N) is 2. The second-order valence-electron chi connectivity index (χ2n) is 17.6. The van der Waals surface area contributed by atoms with Crippen LogP contribution in [0.25, 0.3) is 0 Å². The van der Waals surface area contributed by atoms with E-state index in [4.69, 9.17) is 29.8 Å². The van der Waals surface area contributed by atoms with Crippen LogP contribution in [0.5, 0.6) is 0 Å². The van der Waals surface area contributed by atoms with Crippen LogP contribution in [0, 0.1) is 20.8 Å². The molecule has 13 nitrogen and oxygen atoms in total. The number of aromatic carboxylic acids is 1. The number of carbonyl (C=O) groups excluding carboxylic acids is 4. The molecule has 6 rings (SSSR count). The monoisotopic (exact) mass is 889 g/mol. The summed E-state index contributed by atoms with van der Waals surface area (Å²) in [6, 6.07) is 10.7. The van der Waals surface area contributed by atoms with Crippen molar-refractivity contribution in [3.63, 3.8) is 0 Å². The van der Waals surface area contributed by atoms with E-state index in [-0.39, 0.29) is 55.7 Å². The van der Waals surface area contributed by atoms with Crippen LogP contribution in [0.4, 0.5) is 9.59 Å². The Morgan fingerprint density at radius 1 is 0.635 bits per heavy atom. The Kier molecular flexibility index (Phi) is 18.1. The van der Waals surface area contributed by atoms with E-state index in [0.717, 1.165) is 77.5 Å². The number of rotatable bonds is 9. The largest absolute Gasteiger partial charge is 0.478 e. The molecule has 3 aliphatic rings. The summed E-state index contributed by atoms with van der Waals surface area (Å²) >= 11 is 0. The quantitative estimate of drug-likeness (QED) is 0.0908. The van der Waals surface area contributed by atoms with E-state index in [1.165, 1.54) is 11.1 Å². The molecule has 3 aromatic rings. The van der Waals surface area contributed by atoms with Crippen molar-refractivity contribution in [3.05, 3.63) is 128 Å². The number of benzene rings is 3. The van der Waals surface area contributed by atoms with Crippen LogP contribution in [-0.2, 0) is 38.2 Å². The Balaban J connectivity index is 0.000000253. The number of carbonyl (C=O) groups is 5. The van der Waals surface area contributed by atoms with Crippen molar-refractivity contribution in [1.82, 2.24) is 10.6 Å². The average molecular weight is 891 g/mol. The molecule has 63 heavy (non-hydrogen) atoms. The van der Waals surface area contributed by atoms with E-state index >= 15 is 0 Å². The zero-order chi connectivity index (χ0) is 46.1. The second-order valence-corrected chi connectivity index (χ2v) is 17.6. The van der Waals surface area contributed by atoms with Crippen molar-refractivity contribution in [2.75, 3.05) is 13.2 Å². The molecule has 0 bridgehead atoms. The first kappa shape index (κ1) is 51.7. The van der Waals surface area contributed by atoms with Crippen LogP contribution in [-0.4, -0.2) is 59.6 Å². The third-order valence-electron chi connectivity index (χ3n) is 10.8. The van der Waals surface area contributed by atoms with Gasteiger partial charge in [0.15, 0.2) is 0 Å². The molecule has 5 N–H and O–H groups in total. The molecule has 0 spiro atoms. The fraction of sp³-hybridized carbons (Fsp3) is 0.449. The fourth-order valence-corrected chi connectivity index (χ4v) is 7.97. The predicted octanol–water partition coefficient (Wildman–Crippen LogP) is 9.76. The van der Waals surface area contributed by atoms with Gasteiger partial charge in [0.2, 0.25) is 0 Å². The first-order valence-electron chi connectivity index (χ1n) is 21.0. The third kappa shape index (κ3) is 13.7. The van der Waals surface area contributed by atoms with Crippen molar-refractivity contribution < 1.29 is 48.0 Å². The van der Waals surface area contributed by atoms with E-state index in [1.54, 1.807) is 30.4 Å². The lowest BCUT2D eigenvalue weighted by Crippen LogP contribution is -2.34. The number of halogens is 1. The second kappa shape index (κ2) is 22.1. The standard InChI is InChI=1S/C19H25NO4.C16H21NO4.C14H17NO2.ClH/c1-6-11-23-17(21)14-7-8-15-13(12(14)2)9-10-16(15)20-18(22)24-19(3,4)5;1-9-10-7-8-13(17-15(20)21-16(2,3)4)12(10)6-5-11(9)14(18)19;1-3-8-17-14(16)11-4-5-12-10(9(11)2)6-7-13(12)15;/h6-8,16H,1,9-11H2,2-5H3,(H,20,22);5-6,13H,7-8H2,1-4H3,(H,17,20)(H,18,19);3-5,13H,1,6-8,15H2,2H3;1H/t16-;2*13-;/m000./s1. The molecule has 2 amide bonds. The minimum Gasteiger partial charge on any atom is -0.478 e. The van der Waals surface area contributed by atoms with Crippen LogP contribution in [0.1, 0.15) is 160 Å². The minimum absolute atomic E-state index is 0. The summed E-state index contributed by atoms with van der Waals surface area (Å²) in [4.78, 5) is 58.9. The normalized spacial score (nSPS) is 16.7. The van der Waals surface area contributed by atoms with Crippen molar-refractivity contribution >= 4 is 42.5 Å². The lowest BCUT2D eigenvalue weighted by molar-refractivity contribution is 0.0492. The number of amides is 2. The first-order chi connectivity index (χ1) is 29.1. The van der Waals surface area contributed by atoms with Crippen LogP contribution >= 0.6 is 12.4 Å². The van der Waals surface area contributed by atoms with Gasteiger partial charge >= 0.3 is 30.1 Å². The summed E-state index contributed by atoms with van der Waals surface area (Å²) in [6.45, 7) is 24.1. The summed E-state index contributed by atoms with van der Waals surface area (Å²) < 4.78 is 20.8. The number of nitrogens with two attached hydrogens (primary N) is 1. The van der Waals surface area contributed by atoms with Gasteiger partial charge in [-0.05, 0) is 169 Å². The molecule has 0 radical (unpaired) electrons. The maximum atomic E-state index is 12.1. The first-order valence-corrected chi connectivity index (χ1v) is 21.0. The zero-order valence-corrected chi connectivity index (χ0v) is 38.8.